The number of benzene rings is 1. The van der Waals surface area contributed by atoms with E-state index in [0.29, 0.717) is 5.92 Å². The molecule has 1 aliphatic carbocycles. The maximum absolute atomic E-state index is 13.2. The van der Waals surface area contributed by atoms with Crippen molar-refractivity contribution >= 4 is 27.2 Å². The maximum Gasteiger partial charge on any atom is 0.176 e. The molecule has 2 unspecified atom stereocenters. The average Bonchev–Trinajstić information content (AvgIpc) is 2.89. The molecular weight excluding hydrogens is 271 g/mol. The zero-order chi connectivity index (χ0) is 14.1. The highest BCUT2D eigenvalue weighted by Crippen LogP contribution is 2.37. The monoisotopic (exact) mass is 290 g/mol. The van der Waals surface area contributed by atoms with E-state index in [2.05, 4.69) is 6.92 Å². The van der Waals surface area contributed by atoms with Gasteiger partial charge in [-0.2, -0.15) is 0 Å². The summed E-state index contributed by atoms with van der Waals surface area (Å²) >= 11 is 1.44. The Hall–Kier alpha value is -1.22. The molecule has 1 aromatic carbocycles. The van der Waals surface area contributed by atoms with Gasteiger partial charge in [-0.1, -0.05) is 32.3 Å². The Kier molecular flexibility index (Phi) is 3.88. The van der Waals surface area contributed by atoms with Gasteiger partial charge in [-0.15, -0.1) is 11.3 Å². The molecule has 0 amide bonds. The zero-order valence-corrected chi connectivity index (χ0v) is 12.5. The number of thiophene rings is 1. The molecule has 1 aromatic heterocycles. The Morgan fingerprint density at radius 1 is 1.30 bits per heavy atom. The van der Waals surface area contributed by atoms with Gasteiger partial charge in [-0.3, -0.25) is 4.79 Å². The summed E-state index contributed by atoms with van der Waals surface area (Å²) in [5, 5.41) is 0.976. The van der Waals surface area contributed by atoms with Crippen molar-refractivity contribution in [1.29, 1.82) is 0 Å². The predicted octanol–water partition coefficient (Wildman–Crippen LogP) is 5.44. The highest BCUT2D eigenvalue weighted by Gasteiger charge is 2.31. The molecule has 0 N–H and O–H groups in total. The number of carbonyl (C=O) groups is 1. The van der Waals surface area contributed by atoms with Crippen LogP contribution in [0.5, 0.6) is 0 Å². The second-order valence-corrected chi connectivity index (χ2v) is 6.80. The number of hydrogen-bond donors (Lipinski definition) is 0. The van der Waals surface area contributed by atoms with Gasteiger partial charge in [-0.25, -0.2) is 4.39 Å². The normalized spacial score (nSPS) is 23.1. The molecule has 2 aromatic rings. The van der Waals surface area contributed by atoms with Crippen molar-refractivity contribution in [3.63, 3.8) is 0 Å². The fourth-order valence-electron chi connectivity index (χ4n) is 3.35. The Morgan fingerprint density at radius 2 is 2.10 bits per heavy atom. The Morgan fingerprint density at radius 3 is 2.90 bits per heavy atom. The number of ketones is 1. The molecule has 106 valence electrons. The molecule has 1 saturated carbocycles. The van der Waals surface area contributed by atoms with Gasteiger partial charge >= 0.3 is 0 Å². The number of fused-ring (bicyclic) bond motifs is 1. The third-order valence-corrected chi connectivity index (χ3v) is 5.61. The minimum atomic E-state index is -0.234. The first-order valence-electron chi connectivity index (χ1n) is 7.42. The molecule has 3 rings (SSSR count). The number of Topliss-reactive ketones (excluding diaryl/α,β-unsaturated/α-hetero) is 1. The van der Waals surface area contributed by atoms with Crippen LogP contribution in [0, 0.1) is 17.7 Å². The van der Waals surface area contributed by atoms with Crippen LogP contribution >= 0.6 is 11.3 Å². The van der Waals surface area contributed by atoms with Crippen molar-refractivity contribution < 1.29 is 9.18 Å². The van der Waals surface area contributed by atoms with Gasteiger partial charge < -0.3 is 0 Å². The molecule has 2 atom stereocenters. The minimum absolute atomic E-state index is 0.173. The van der Waals surface area contributed by atoms with Crippen molar-refractivity contribution in [2.24, 2.45) is 11.8 Å². The van der Waals surface area contributed by atoms with E-state index < -0.39 is 0 Å². The quantitative estimate of drug-likeness (QED) is 0.688. The highest BCUT2D eigenvalue weighted by molar-refractivity contribution is 7.20. The molecule has 0 bridgehead atoms. The molecule has 1 nitrogen and oxygen atoms in total. The van der Waals surface area contributed by atoms with Gasteiger partial charge in [0.1, 0.15) is 5.82 Å². The highest BCUT2D eigenvalue weighted by atomic mass is 32.1. The molecule has 0 aliphatic heterocycles. The zero-order valence-electron chi connectivity index (χ0n) is 11.7. The predicted molar refractivity (Wildman–Crippen MR) is 81.9 cm³/mol. The molecule has 20 heavy (non-hydrogen) atoms. The lowest BCUT2D eigenvalue weighted by molar-refractivity contribution is 0.0825. The molecule has 0 spiro atoms. The van der Waals surface area contributed by atoms with Crippen molar-refractivity contribution in [3.05, 3.63) is 35.0 Å². The summed E-state index contributed by atoms with van der Waals surface area (Å²) in [4.78, 5) is 13.5. The van der Waals surface area contributed by atoms with Gasteiger partial charge in [0.05, 0.1) is 4.88 Å². The summed E-state index contributed by atoms with van der Waals surface area (Å²) in [6.45, 7) is 2.18. The van der Waals surface area contributed by atoms with E-state index in [0.717, 1.165) is 34.2 Å². The van der Waals surface area contributed by atoms with Crippen LogP contribution in [0.4, 0.5) is 4.39 Å². The van der Waals surface area contributed by atoms with Crippen LogP contribution in [0.2, 0.25) is 0 Å². The smallest absolute Gasteiger partial charge is 0.176 e. The number of hydrogen-bond acceptors (Lipinski definition) is 2. The number of carbonyl (C=O) groups excluding carboxylic acids is 1. The van der Waals surface area contributed by atoms with E-state index in [4.69, 9.17) is 0 Å². The van der Waals surface area contributed by atoms with Crippen LogP contribution < -0.4 is 0 Å². The third kappa shape index (κ3) is 2.51. The summed E-state index contributed by atoms with van der Waals surface area (Å²) in [6, 6.07) is 6.67. The van der Waals surface area contributed by atoms with Crippen LogP contribution in [0.15, 0.2) is 24.3 Å². The van der Waals surface area contributed by atoms with Gasteiger partial charge in [0, 0.05) is 10.6 Å². The van der Waals surface area contributed by atoms with E-state index >= 15 is 0 Å². The fraction of sp³-hybridized carbons (Fsp3) is 0.471. The Bertz CT molecular complexity index is 631. The summed E-state index contributed by atoms with van der Waals surface area (Å²) < 4.78 is 14.1. The molecular formula is C17H19FOS. The van der Waals surface area contributed by atoms with Gasteiger partial charge in [0.2, 0.25) is 0 Å². The standard InChI is InChI=1S/C17H19FOS/c1-2-11-5-3-4-6-14(11)17(19)16-9-12-7-8-13(18)10-15(12)20-16/h7-11,14H,2-6H2,1H3. The first-order valence-corrected chi connectivity index (χ1v) is 8.24. The van der Waals surface area contributed by atoms with E-state index in [-0.39, 0.29) is 17.5 Å². The molecule has 1 aliphatic rings. The van der Waals surface area contributed by atoms with E-state index in [1.54, 1.807) is 6.07 Å². The minimum Gasteiger partial charge on any atom is -0.293 e. The molecule has 1 heterocycles. The van der Waals surface area contributed by atoms with Crippen molar-refractivity contribution in [2.75, 3.05) is 0 Å². The number of halogens is 1. The summed E-state index contributed by atoms with van der Waals surface area (Å²) in [5.74, 6) is 0.741. The lowest BCUT2D eigenvalue weighted by Gasteiger charge is -2.29. The Balaban J connectivity index is 1.91. The summed E-state index contributed by atoms with van der Waals surface area (Å²) in [6.07, 6.45) is 5.68. The molecule has 0 radical (unpaired) electrons. The summed E-state index contributed by atoms with van der Waals surface area (Å²) in [7, 11) is 0. The maximum atomic E-state index is 13.2. The SMILES string of the molecule is CCC1CCCCC1C(=O)c1cc2ccc(F)cc2s1. The number of rotatable bonds is 3. The molecule has 0 saturated heterocycles. The van der Waals surface area contributed by atoms with Crippen LogP contribution in [-0.4, -0.2) is 5.78 Å². The van der Waals surface area contributed by atoms with Crippen LogP contribution in [0.25, 0.3) is 10.1 Å². The summed E-state index contributed by atoms with van der Waals surface area (Å²) in [5.41, 5.74) is 0. The first-order chi connectivity index (χ1) is 9.69. The van der Waals surface area contributed by atoms with E-state index in [1.165, 1.54) is 36.3 Å². The topological polar surface area (TPSA) is 17.1 Å². The second kappa shape index (κ2) is 5.65. The van der Waals surface area contributed by atoms with Crippen LogP contribution in [-0.2, 0) is 0 Å². The van der Waals surface area contributed by atoms with E-state index in [1.807, 2.05) is 6.07 Å². The lowest BCUT2D eigenvalue weighted by atomic mass is 9.75. The van der Waals surface area contributed by atoms with Crippen molar-refractivity contribution in [3.8, 4) is 0 Å². The average molecular weight is 290 g/mol. The van der Waals surface area contributed by atoms with Crippen LogP contribution in [0.1, 0.15) is 48.7 Å². The Labute approximate surface area is 122 Å². The van der Waals surface area contributed by atoms with Gasteiger partial charge in [0.15, 0.2) is 5.78 Å². The molecule has 1 fully saturated rings. The van der Waals surface area contributed by atoms with Crippen LogP contribution in [0.3, 0.4) is 0 Å². The van der Waals surface area contributed by atoms with Crippen molar-refractivity contribution in [2.45, 2.75) is 39.0 Å². The second-order valence-electron chi connectivity index (χ2n) is 5.72. The van der Waals surface area contributed by atoms with E-state index in [9.17, 15) is 9.18 Å². The van der Waals surface area contributed by atoms with Crippen molar-refractivity contribution in [1.82, 2.24) is 0 Å². The fourth-order valence-corrected chi connectivity index (χ4v) is 4.44. The van der Waals surface area contributed by atoms with Gasteiger partial charge in [-0.05, 0) is 42.3 Å². The lowest BCUT2D eigenvalue weighted by Crippen LogP contribution is -2.26. The third-order valence-electron chi connectivity index (χ3n) is 4.50. The molecule has 3 heteroatoms. The van der Waals surface area contributed by atoms with Gasteiger partial charge in [0.25, 0.3) is 0 Å². The first kappa shape index (κ1) is 13.7. The largest absolute Gasteiger partial charge is 0.293 e.